The maximum absolute atomic E-state index is 13.2. The molecule has 1 N–H and O–H groups in total. The van der Waals surface area contributed by atoms with E-state index in [2.05, 4.69) is 38.1 Å². The number of nitrogens with zero attached hydrogens (tertiary/aromatic N) is 2. The lowest BCUT2D eigenvalue weighted by Gasteiger charge is -2.35. The number of benzene rings is 2. The summed E-state index contributed by atoms with van der Waals surface area (Å²) in [4.78, 5) is 17.1. The molecule has 1 aliphatic rings. The first-order chi connectivity index (χ1) is 11.9. The predicted molar refractivity (Wildman–Crippen MR) is 103 cm³/mol. The number of amides is 1. The zero-order valence-corrected chi connectivity index (χ0v) is 16.1. The smallest absolute Gasteiger partial charge is 0.256 e. The Morgan fingerprint density at radius 1 is 1.16 bits per heavy atom. The molecule has 0 atom stereocenters. The highest BCUT2D eigenvalue weighted by Crippen LogP contribution is 2.31. The van der Waals surface area contributed by atoms with Gasteiger partial charge in [-0.1, -0.05) is 11.6 Å². The molecule has 0 radical (unpaired) electrons. The number of halogens is 3. The molecule has 132 valence electrons. The molecular formula is C18H18BrClFN3O. The fourth-order valence-corrected chi connectivity index (χ4v) is 3.50. The van der Waals surface area contributed by atoms with Crippen LogP contribution >= 0.6 is 27.5 Å². The highest BCUT2D eigenvalue weighted by atomic mass is 79.9. The van der Waals surface area contributed by atoms with Crippen LogP contribution in [0.2, 0.25) is 5.02 Å². The van der Waals surface area contributed by atoms with Crippen molar-refractivity contribution >= 4 is 44.8 Å². The molecular weight excluding hydrogens is 409 g/mol. The molecule has 0 aromatic heterocycles. The van der Waals surface area contributed by atoms with Gasteiger partial charge in [0.15, 0.2) is 0 Å². The second kappa shape index (κ2) is 7.72. The number of hydrogen-bond donors (Lipinski definition) is 1. The van der Waals surface area contributed by atoms with E-state index in [-0.39, 0.29) is 5.91 Å². The molecule has 4 nitrogen and oxygen atoms in total. The van der Waals surface area contributed by atoms with Crippen molar-refractivity contribution < 1.29 is 9.18 Å². The van der Waals surface area contributed by atoms with Gasteiger partial charge in [0.1, 0.15) is 5.82 Å². The Hall–Kier alpha value is -1.63. The van der Waals surface area contributed by atoms with Gasteiger partial charge in [-0.2, -0.15) is 0 Å². The summed E-state index contributed by atoms with van der Waals surface area (Å²) in [6.45, 7) is 3.67. The zero-order valence-electron chi connectivity index (χ0n) is 13.7. The summed E-state index contributed by atoms with van der Waals surface area (Å²) in [6, 6.07) is 9.47. The van der Waals surface area contributed by atoms with Gasteiger partial charge in [0.2, 0.25) is 0 Å². The van der Waals surface area contributed by atoms with Crippen molar-refractivity contribution in [2.45, 2.75) is 0 Å². The largest absolute Gasteiger partial charge is 0.367 e. The van der Waals surface area contributed by atoms with Crippen LogP contribution in [-0.2, 0) is 0 Å². The van der Waals surface area contributed by atoms with Gasteiger partial charge in [-0.25, -0.2) is 4.39 Å². The molecule has 1 saturated heterocycles. The first kappa shape index (κ1) is 18.2. The molecule has 25 heavy (non-hydrogen) atoms. The van der Waals surface area contributed by atoms with Crippen molar-refractivity contribution in [2.24, 2.45) is 0 Å². The predicted octanol–water partition coefficient (Wildman–Crippen LogP) is 4.25. The molecule has 1 aliphatic heterocycles. The number of likely N-dealkylation sites (N-methyl/N-ethyl adjacent to an activating group) is 1. The van der Waals surface area contributed by atoms with E-state index in [1.54, 1.807) is 6.07 Å². The number of piperazine rings is 1. The summed E-state index contributed by atoms with van der Waals surface area (Å²) in [7, 11) is 2.09. The molecule has 2 aromatic rings. The van der Waals surface area contributed by atoms with Gasteiger partial charge in [-0.3, -0.25) is 4.79 Å². The number of nitrogens with one attached hydrogen (secondary N) is 1. The minimum atomic E-state index is -0.399. The third-order valence-electron chi connectivity index (χ3n) is 4.23. The maximum atomic E-state index is 13.2. The molecule has 2 aromatic carbocycles. The number of anilines is 2. The van der Waals surface area contributed by atoms with Crippen LogP contribution in [0.3, 0.4) is 0 Å². The fraction of sp³-hybridized carbons (Fsp3) is 0.278. The molecule has 0 unspecified atom stereocenters. The maximum Gasteiger partial charge on any atom is 0.256 e. The van der Waals surface area contributed by atoms with E-state index < -0.39 is 5.82 Å². The van der Waals surface area contributed by atoms with Crippen molar-refractivity contribution in [3.05, 3.63) is 57.3 Å². The molecule has 1 fully saturated rings. The van der Waals surface area contributed by atoms with E-state index >= 15 is 0 Å². The molecule has 0 saturated carbocycles. The molecule has 0 bridgehead atoms. The lowest BCUT2D eigenvalue weighted by atomic mass is 10.1. The monoisotopic (exact) mass is 425 g/mol. The molecule has 7 heteroatoms. The van der Waals surface area contributed by atoms with Gasteiger partial charge in [0, 0.05) is 35.7 Å². The highest BCUT2D eigenvalue weighted by Gasteiger charge is 2.19. The van der Waals surface area contributed by atoms with Gasteiger partial charge in [0.05, 0.1) is 16.9 Å². The van der Waals surface area contributed by atoms with Gasteiger partial charge in [0.25, 0.3) is 5.91 Å². The topological polar surface area (TPSA) is 35.6 Å². The Labute approximate surface area is 159 Å². The van der Waals surface area contributed by atoms with Crippen molar-refractivity contribution in [3.63, 3.8) is 0 Å². The molecule has 1 amide bonds. The average molecular weight is 427 g/mol. The van der Waals surface area contributed by atoms with Gasteiger partial charge < -0.3 is 15.1 Å². The van der Waals surface area contributed by atoms with Gasteiger partial charge >= 0.3 is 0 Å². The summed E-state index contributed by atoms with van der Waals surface area (Å²) in [5.41, 5.74) is 1.95. The van der Waals surface area contributed by atoms with E-state index in [1.165, 1.54) is 18.2 Å². The number of hydrogen-bond acceptors (Lipinski definition) is 3. The van der Waals surface area contributed by atoms with E-state index in [1.807, 2.05) is 12.1 Å². The van der Waals surface area contributed by atoms with E-state index in [4.69, 9.17) is 11.6 Å². The summed E-state index contributed by atoms with van der Waals surface area (Å²) in [6.07, 6.45) is 0. The lowest BCUT2D eigenvalue weighted by Crippen LogP contribution is -2.44. The van der Waals surface area contributed by atoms with Crippen molar-refractivity contribution in [3.8, 4) is 0 Å². The summed E-state index contributed by atoms with van der Waals surface area (Å²) < 4.78 is 13.6. The van der Waals surface area contributed by atoms with Crippen LogP contribution in [0.1, 0.15) is 10.4 Å². The molecule has 1 heterocycles. The third kappa shape index (κ3) is 4.32. The van der Waals surface area contributed by atoms with E-state index in [0.717, 1.165) is 31.9 Å². The Morgan fingerprint density at radius 2 is 1.88 bits per heavy atom. The number of carbonyl (C=O) groups excluding carboxylic acids is 1. The van der Waals surface area contributed by atoms with Crippen LogP contribution in [0.4, 0.5) is 15.8 Å². The lowest BCUT2D eigenvalue weighted by molar-refractivity contribution is 0.102. The van der Waals surface area contributed by atoms with Crippen LogP contribution < -0.4 is 10.2 Å². The summed E-state index contributed by atoms with van der Waals surface area (Å²) in [5.74, 6) is -0.714. The zero-order chi connectivity index (χ0) is 18.0. The Kier molecular flexibility index (Phi) is 5.61. The minimum Gasteiger partial charge on any atom is -0.367 e. The van der Waals surface area contributed by atoms with Crippen molar-refractivity contribution in [1.29, 1.82) is 0 Å². The molecule has 0 spiro atoms. The van der Waals surface area contributed by atoms with Crippen molar-refractivity contribution in [1.82, 2.24) is 4.90 Å². The highest BCUT2D eigenvalue weighted by molar-refractivity contribution is 9.10. The fourth-order valence-electron chi connectivity index (χ4n) is 2.79. The average Bonchev–Trinajstić information content (AvgIpc) is 2.56. The number of carbonyl (C=O) groups is 1. The van der Waals surface area contributed by atoms with Crippen molar-refractivity contribution in [2.75, 3.05) is 43.4 Å². The quantitative estimate of drug-likeness (QED) is 0.797. The van der Waals surface area contributed by atoms with Crippen LogP contribution in [0.25, 0.3) is 0 Å². The van der Waals surface area contributed by atoms with E-state index in [0.29, 0.717) is 20.7 Å². The van der Waals surface area contributed by atoms with Gasteiger partial charge in [-0.15, -0.1) is 0 Å². The minimum absolute atomic E-state index is 0.315. The second-order valence-corrected chi connectivity index (χ2v) is 7.32. The Balaban J connectivity index is 1.86. The SMILES string of the molecule is CN1CCN(c2ccc(Cl)cc2NC(=O)c2ccc(F)cc2Br)CC1. The van der Waals surface area contributed by atoms with E-state index in [9.17, 15) is 9.18 Å². The third-order valence-corrected chi connectivity index (χ3v) is 5.12. The van der Waals surface area contributed by atoms with Crippen LogP contribution in [0, 0.1) is 5.82 Å². The van der Waals surface area contributed by atoms with Crippen LogP contribution in [0.15, 0.2) is 40.9 Å². The first-order valence-corrected chi connectivity index (χ1v) is 9.10. The molecule has 3 rings (SSSR count). The van der Waals surface area contributed by atoms with Crippen LogP contribution in [0.5, 0.6) is 0 Å². The standard InChI is InChI=1S/C18H18BrClFN3O/c1-23-6-8-24(9-7-23)17-5-2-12(20)10-16(17)22-18(25)14-4-3-13(21)11-15(14)19/h2-5,10-11H,6-9H2,1H3,(H,22,25). The molecule has 0 aliphatic carbocycles. The summed E-state index contributed by atoms with van der Waals surface area (Å²) >= 11 is 9.36. The normalized spacial score (nSPS) is 15.3. The van der Waals surface area contributed by atoms with Gasteiger partial charge in [-0.05, 0) is 59.4 Å². The summed E-state index contributed by atoms with van der Waals surface area (Å²) in [5, 5.41) is 3.45. The first-order valence-electron chi connectivity index (χ1n) is 7.93. The second-order valence-electron chi connectivity index (χ2n) is 6.03. The number of rotatable bonds is 3. The Morgan fingerprint density at radius 3 is 2.56 bits per heavy atom. The Bertz CT molecular complexity index is 794. The van der Waals surface area contributed by atoms with Crippen LogP contribution in [-0.4, -0.2) is 44.0 Å².